The Kier molecular flexibility index (Phi) is 3.49. The van der Waals surface area contributed by atoms with Gasteiger partial charge in [0.1, 0.15) is 5.69 Å². The molecular formula is C13H12ClNO2. The average Bonchev–Trinajstić information content (AvgIpc) is 2.76. The highest BCUT2D eigenvalue weighted by atomic mass is 35.5. The summed E-state index contributed by atoms with van der Waals surface area (Å²) >= 11 is 5.91. The molecule has 1 aromatic carbocycles. The van der Waals surface area contributed by atoms with Crippen molar-refractivity contribution in [3.05, 3.63) is 58.9 Å². The van der Waals surface area contributed by atoms with E-state index in [9.17, 15) is 4.79 Å². The molecule has 0 atom stereocenters. The Bertz CT molecular complexity index is 534. The molecule has 0 spiro atoms. The lowest BCUT2D eigenvalue weighted by Crippen LogP contribution is -2.10. The van der Waals surface area contributed by atoms with Crippen LogP contribution in [0.3, 0.4) is 0 Å². The van der Waals surface area contributed by atoms with Gasteiger partial charge in [-0.15, -0.1) is 0 Å². The van der Waals surface area contributed by atoms with E-state index in [1.54, 1.807) is 6.07 Å². The summed E-state index contributed by atoms with van der Waals surface area (Å²) in [6.07, 6.45) is 1.84. The third-order valence-electron chi connectivity index (χ3n) is 2.47. The number of methoxy groups -OCH3 is 1. The third-order valence-corrected chi connectivity index (χ3v) is 2.70. The van der Waals surface area contributed by atoms with Crippen molar-refractivity contribution in [1.29, 1.82) is 0 Å². The molecule has 4 heteroatoms. The van der Waals surface area contributed by atoms with E-state index in [0.717, 1.165) is 5.56 Å². The molecule has 0 saturated heterocycles. The lowest BCUT2D eigenvalue weighted by Gasteiger charge is -2.08. The summed E-state index contributed by atoms with van der Waals surface area (Å²) in [5.74, 6) is -0.336. The van der Waals surface area contributed by atoms with Crippen LogP contribution in [0.15, 0.2) is 42.6 Å². The fraction of sp³-hybridized carbons (Fsp3) is 0.154. The molecule has 1 heterocycles. The summed E-state index contributed by atoms with van der Waals surface area (Å²) in [5, 5.41) is 0.689. The quantitative estimate of drug-likeness (QED) is 0.783. The van der Waals surface area contributed by atoms with Gasteiger partial charge in [0.15, 0.2) is 0 Å². The van der Waals surface area contributed by atoms with Crippen LogP contribution in [0.4, 0.5) is 0 Å². The Hall–Kier alpha value is -1.74. The number of benzene rings is 1. The van der Waals surface area contributed by atoms with Crippen LogP contribution >= 0.6 is 11.6 Å². The number of halogens is 1. The SMILES string of the molecule is COC(=O)c1cccn1Cc1cccc(Cl)c1. The van der Waals surface area contributed by atoms with Crippen molar-refractivity contribution in [2.45, 2.75) is 6.54 Å². The van der Waals surface area contributed by atoms with E-state index < -0.39 is 0 Å². The van der Waals surface area contributed by atoms with Gasteiger partial charge >= 0.3 is 5.97 Å². The van der Waals surface area contributed by atoms with Crippen LogP contribution < -0.4 is 0 Å². The third kappa shape index (κ3) is 2.68. The van der Waals surface area contributed by atoms with Crippen molar-refractivity contribution >= 4 is 17.6 Å². The second-order valence-electron chi connectivity index (χ2n) is 3.64. The van der Waals surface area contributed by atoms with E-state index in [4.69, 9.17) is 16.3 Å². The molecule has 17 heavy (non-hydrogen) atoms. The standard InChI is InChI=1S/C13H12ClNO2/c1-17-13(16)12-6-3-7-15(12)9-10-4-2-5-11(14)8-10/h2-8H,9H2,1H3. The molecule has 0 bridgehead atoms. The van der Waals surface area contributed by atoms with Crippen LogP contribution in [0.5, 0.6) is 0 Å². The molecule has 1 aromatic heterocycles. The first kappa shape index (κ1) is 11.7. The first-order chi connectivity index (χ1) is 8.20. The number of esters is 1. The fourth-order valence-corrected chi connectivity index (χ4v) is 1.89. The lowest BCUT2D eigenvalue weighted by atomic mass is 10.2. The summed E-state index contributed by atoms with van der Waals surface area (Å²) in [6.45, 7) is 0.595. The van der Waals surface area contributed by atoms with Crippen LogP contribution in [0.2, 0.25) is 5.02 Å². The Morgan fingerprint density at radius 3 is 2.88 bits per heavy atom. The topological polar surface area (TPSA) is 31.2 Å². The number of hydrogen-bond donors (Lipinski definition) is 0. The molecule has 0 fully saturated rings. The minimum atomic E-state index is -0.336. The Labute approximate surface area is 105 Å². The van der Waals surface area contributed by atoms with Gasteiger partial charge in [-0.25, -0.2) is 4.79 Å². The van der Waals surface area contributed by atoms with E-state index in [1.165, 1.54) is 7.11 Å². The number of nitrogens with zero attached hydrogens (tertiary/aromatic N) is 1. The van der Waals surface area contributed by atoms with Crippen molar-refractivity contribution < 1.29 is 9.53 Å². The zero-order chi connectivity index (χ0) is 12.3. The zero-order valence-electron chi connectivity index (χ0n) is 9.39. The number of aromatic nitrogens is 1. The molecule has 2 aromatic rings. The predicted molar refractivity (Wildman–Crippen MR) is 66.3 cm³/mol. The highest BCUT2D eigenvalue weighted by Gasteiger charge is 2.10. The van der Waals surface area contributed by atoms with Crippen molar-refractivity contribution in [2.24, 2.45) is 0 Å². The second-order valence-corrected chi connectivity index (χ2v) is 4.08. The molecule has 0 radical (unpaired) electrons. The number of carbonyl (C=O) groups excluding carboxylic acids is 1. The number of hydrogen-bond acceptors (Lipinski definition) is 2. The number of ether oxygens (including phenoxy) is 1. The van der Waals surface area contributed by atoms with Crippen molar-refractivity contribution in [3.63, 3.8) is 0 Å². The van der Waals surface area contributed by atoms with Crippen molar-refractivity contribution in [3.8, 4) is 0 Å². The molecule has 3 nitrogen and oxygen atoms in total. The molecule has 0 aliphatic rings. The smallest absolute Gasteiger partial charge is 0.354 e. The molecule has 0 saturated carbocycles. The van der Waals surface area contributed by atoms with Gasteiger partial charge in [0.2, 0.25) is 0 Å². The average molecular weight is 250 g/mol. The summed E-state index contributed by atoms with van der Waals surface area (Å²) < 4.78 is 6.54. The molecular weight excluding hydrogens is 238 g/mol. The van der Waals surface area contributed by atoms with E-state index >= 15 is 0 Å². The van der Waals surface area contributed by atoms with Gasteiger partial charge in [-0.1, -0.05) is 23.7 Å². The molecule has 2 rings (SSSR count). The van der Waals surface area contributed by atoms with E-state index in [2.05, 4.69) is 0 Å². The summed E-state index contributed by atoms with van der Waals surface area (Å²) in [5.41, 5.74) is 1.58. The van der Waals surface area contributed by atoms with Gasteiger partial charge < -0.3 is 9.30 Å². The number of rotatable bonds is 3. The summed E-state index contributed by atoms with van der Waals surface area (Å²) in [7, 11) is 1.37. The summed E-state index contributed by atoms with van der Waals surface area (Å²) in [4.78, 5) is 11.5. The van der Waals surface area contributed by atoms with Crippen LogP contribution in [0.1, 0.15) is 16.1 Å². The zero-order valence-corrected chi connectivity index (χ0v) is 10.1. The lowest BCUT2D eigenvalue weighted by molar-refractivity contribution is 0.0589. The van der Waals surface area contributed by atoms with Crippen LogP contribution in [-0.2, 0) is 11.3 Å². The van der Waals surface area contributed by atoms with Gasteiger partial charge in [0, 0.05) is 17.8 Å². The largest absolute Gasteiger partial charge is 0.464 e. The maximum atomic E-state index is 11.5. The maximum Gasteiger partial charge on any atom is 0.354 e. The van der Waals surface area contributed by atoms with Gasteiger partial charge in [-0.05, 0) is 29.8 Å². The minimum Gasteiger partial charge on any atom is -0.464 e. The van der Waals surface area contributed by atoms with Gasteiger partial charge in [-0.3, -0.25) is 0 Å². The molecule has 0 amide bonds. The highest BCUT2D eigenvalue weighted by molar-refractivity contribution is 6.30. The first-order valence-corrected chi connectivity index (χ1v) is 5.56. The van der Waals surface area contributed by atoms with E-state index in [-0.39, 0.29) is 5.97 Å². The maximum absolute atomic E-state index is 11.5. The Balaban J connectivity index is 2.25. The summed E-state index contributed by atoms with van der Waals surface area (Å²) in [6, 6.07) is 11.1. The minimum absolute atomic E-state index is 0.336. The second kappa shape index (κ2) is 5.06. The van der Waals surface area contributed by atoms with Crippen molar-refractivity contribution in [1.82, 2.24) is 4.57 Å². The molecule has 88 valence electrons. The number of carbonyl (C=O) groups is 1. The van der Waals surface area contributed by atoms with Gasteiger partial charge in [0.25, 0.3) is 0 Å². The molecule has 0 aliphatic carbocycles. The van der Waals surface area contributed by atoms with Crippen LogP contribution in [0, 0.1) is 0 Å². The Morgan fingerprint density at radius 2 is 2.18 bits per heavy atom. The fourth-order valence-electron chi connectivity index (χ4n) is 1.67. The van der Waals surface area contributed by atoms with Crippen molar-refractivity contribution in [2.75, 3.05) is 7.11 Å². The molecule has 0 N–H and O–H groups in total. The van der Waals surface area contributed by atoms with Gasteiger partial charge in [0.05, 0.1) is 7.11 Å². The first-order valence-electron chi connectivity index (χ1n) is 5.18. The van der Waals surface area contributed by atoms with Gasteiger partial charge in [-0.2, -0.15) is 0 Å². The normalized spacial score (nSPS) is 10.2. The highest BCUT2D eigenvalue weighted by Crippen LogP contribution is 2.13. The monoisotopic (exact) mass is 249 g/mol. The Morgan fingerprint density at radius 1 is 1.35 bits per heavy atom. The molecule has 0 unspecified atom stereocenters. The van der Waals surface area contributed by atoms with E-state index in [0.29, 0.717) is 17.3 Å². The molecule has 0 aliphatic heterocycles. The van der Waals surface area contributed by atoms with Crippen LogP contribution in [-0.4, -0.2) is 17.6 Å². The van der Waals surface area contributed by atoms with E-state index in [1.807, 2.05) is 41.1 Å². The predicted octanol–water partition coefficient (Wildman–Crippen LogP) is 2.98. The van der Waals surface area contributed by atoms with Crippen LogP contribution in [0.25, 0.3) is 0 Å².